The first-order valence-corrected chi connectivity index (χ1v) is 6.82. The highest BCUT2D eigenvalue weighted by atomic mass is 16.5. The first-order valence-electron chi connectivity index (χ1n) is 6.82. The van der Waals surface area contributed by atoms with Crippen LogP contribution in [0.5, 0.6) is 0 Å². The average Bonchev–Trinajstić information content (AvgIpc) is 2.35. The van der Waals surface area contributed by atoms with Gasteiger partial charge in [0, 0.05) is 38.8 Å². The summed E-state index contributed by atoms with van der Waals surface area (Å²) in [6.45, 7) is 8.27. The van der Waals surface area contributed by atoms with Gasteiger partial charge < -0.3 is 4.74 Å². The van der Waals surface area contributed by atoms with Gasteiger partial charge in [-0.15, -0.1) is 0 Å². The zero-order chi connectivity index (χ0) is 11.4. The van der Waals surface area contributed by atoms with Crippen LogP contribution in [-0.2, 0) is 4.74 Å². The minimum Gasteiger partial charge on any atom is -0.383 e. The lowest BCUT2D eigenvalue weighted by atomic mass is 9.98. The Morgan fingerprint density at radius 3 is 2.88 bits per heavy atom. The predicted molar refractivity (Wildman–Crippen MR) is 66.7 cm³/mol. The lowest BCUT2D eigenvalue weighted by molar-refractivity contribution is 0.00438. The van der Waals surface area contributed by atoms with Crippen molar-refractivity contribution in [3.8, 4) is 0 Å². The zero-order valence-electron chi connectivity index (χ0n) is 10.8. The van der Waals surface area contributed by atoms with E-state index in [2.05, 4.69) is 16.7 Å². The van der Waals surface area contributed by atoms with Gasteiger partial charge in [0.25, 0.3) is 0 Å². The molecule has 0 aromatic rings. The third kappa shape index (κ3) is 2.76. The second-order valence-corrected chi connectivity index (χ2v) is 5.20. The van der Waals surface area contributed by atoms with E-state index in [4.69, 9.17) is 4.74 Å². The SMILES string of the molecule is CCC(COC)N1CCN2CCCCC2C1. The molecule has 0 bridgehead atoms. The second kappa shape index (κ2) is 5.99. The van der Waals surface area contributed by atoms with Crippen LogP contribution in [-0.4, -0.2) is 61.8 Å². The summed E-state index contributed by atoms with van der Waals surface area (Å²) in [5, 5.41) is 0. The van der Waals surface area contributed by atoms with Gasteiger partial charge in [-0.1, -0.05) is 13.3 Å². The molecule has 2 atom stereocenters. The number of hydrogen-bond acceptors (Lipinski definition) is 3. The summed E-state index contributed by atoms with van der Waals surface area (Å²) in [6, 6.07) is 1.46. The molecule has 0 aliphatic carbocycles. The minimum atomic E-state index is 0.633. The van der Waals surface area contributed by atoms with E-state index in [1.807, 2.05) is 7.11 Å². The maximum absolute atomic E-state index is 5.33. The molecule has 3 heteroatoms. The molecule has 2 rings (SSSR count). The molecular formula is C13H26N2O. The fraction of sp³-hybridized carbons (Fsp3) is 1.00. The summed E-state index contributed by atoms with van der Waals surface area (Å²) in [7, 11) is 1.82. The lowest BCUT2D eigenvalue weighted by Gasteiger charge is -2.46. The molecule has 0 aromatic carbocycles. The van der Waals surface area contributed by atoms with Crippen LogP contribution in [0.2, 0.25) is 0 Å². The van der Waals surface area contributed by atoms with Gasteiger partial charge in [-0.05, 0) is 25.8 Å². The molecule has 2 heterocycles. The minimum absolute atomic E-state index is 0.633. The van der Waals surface area contributed by atoms with Gasteiger partial charge in [0.15, 0.2) is 0 Å². The van der Waals surface area contributed by atoms with Crippen LogP contribution in [0.25, 0.3) is 0 Å². The molecule has 2 saturated heterocycles. The molecule has 0 spiro atoms. The molecule has 0 saturated carbocycles. The summed E-state index contributed by atoms with van der Waals surface area (Å²) in [6.07, 6.45) is 5.45. The van der Waals surface area contributed by atoms with Crippen molar-refractivity contribution in [1.29, 1.82) is 0 Å². The molecule has 0 aromatic heterocycles. The summed E-state index contributed by atoms with van der Waals surface area (Å²) in [4.78, 5) is 5.34. The molecular weight excluding hydrogens is 200 g/mol. The van der Waals surface area contributed by atoms with Crippen LogP contribution in [0, 0.1) is 0 Å². The Bertz CT molecular complexity index is 210. The van der Waals surface area contributed by atoms with E-state index in [1.54, 1.807) is 0 Å². The molecule has 16 heavy (non-hydrogen) atoms. The number of rotatable bonds is 4. The average molecular weight is 226 g/mol. The van der Waals surface area contributed by atoms with E-state index in [-0.39, 0.29) is 0 Å². The van der Waals surface area contributed by atoms with Crippen LogP contribution in [0.4, 0.5) is 0 Å². The van der Waals surface area contributed by atoms with Crippen molar-refractivity contribution >= 4 is 0 Å². The zero-order valence-corrected chi connectivity index (χ0v) is 10.8. The predicted octanol–water partition coefficient (Wildman–Crippen LogP) is 1.58. The largest absolute Gasteiger partial charge is 0.383 e. The van der Waals surface area contributed by atoms with E-state index < -0.39 is 0 Å². The van der Waals surface area contributed by atoms with Crippen LogP contribution < -0.4 is 0 Å². The topological polar surface area (TPSA) is 15.7 Å². The number of ether oxygens (including phenoxy) is 1. The maximum atomic E-state index is 5.33. The monoisotopic (exact) mass is 226 g/mol. The Morgan fingerprint density at radius 1 is 1.25 bits per heavy atom. The number of fused-ring (bicyclic) bond motifs is 1. The molecule has 0 N–H and O–H groups in total. The smallest absolute Gasteiger partial charge is 0.0617 e. The maximum Gasteiger partial charge on any atom is 0.0617 e. The van der Waals surface area contributed by atoms with E-state index >= 15 is 0 Å². The first-order chi connectivity index (χ1) is 7.85. The van der Waals surface area contributed by atoms with Crippen molar-refractivity contribution in [3.05, 3.63) is 0 Å². The standard InChI is InChI=1S/C13H26N2O/c1-3-12(11-16-2)15-9-8-14-7-5-4-6-13(14)10-15/h12-13H,3-11H2,1-2H3. The summed E-state index contributed by atoms with van der Waals surface area (Å²) < 4.78 is 5.33. The molecule has 0 radical (unpaired) electrons. The van der Waals surface area contributed by atoms with Gasteiger partial charge in [0.2, 0.25) is 0 Å². The molecule has 2 fully saturated rings. The Balaban J connectivity index is 1.88. The Kier molecular flexibility index (Phi) is 4.62. The lowest BCUT2D eigenvalue weighted by Crippen LogP contribution is -2.57. The van der Waals surface area contributed by atoms with Gasteiger partial charge in [-0.25, -0.2) is 0 Å². The van der Waals surface area contributed by atoms with Crippen molar-refractivity contribution in [2.45, 2.75) is 44.7 Å². The first kappa shape index (κ1) is 12.3. The quantitative estimate of drug-likeness (QED) is 0.724. The summed E-state index contributed by atoms with van der Waals surface area (Å²) in [5.74, 6) is 0. The van der Waals surface area contributed by atoms with E-state index in [1.165, 1.54) is 51.9 Å². The van der Waals surface area contributed by atoms with Crippen molar-refractivity contribution in [3.63, 3.8) is 0 Å². The van der Waals surface area contributed by atoms with Gasteiger partial charge in [0.05, 0.1) is 6.61 Å². The highest BCUT2D eigenvalue weighted by Crippen LogP contribution is 2.22. The number of nitrogens with zero attached hydrogens (tertiary/aromatic N) is 2. The fourth-order valence-electron chi connectivity index (χ4n) is 3.19. The summed E-state index contributed by atoms with van der Waals surface area (Å²) in [5.41, 5.74) is 0. The molecule has 3 nitrogen and oxygen atoms in total. The van der Waals surface area contributed by atoms with E-state index in [0.717, 1.165) is 12.6 Å². The van der Waals surface area contributed by atoms with Gasteiger partial charge in [0.1, 0.15) is 0 Å². The molecule has 0 amide bonds. The fourth-order valence-corrected chi connectivity index (χ4v) is 3.19. The van der Waals surface area contributed by atoms with Crippen LogP contribution >= 0.6 is 0 Å². The van der Waals surface area contributed by atoms with Gasteiger partial charge in [-0.3, -0.25) is 9.80 Å². The van der Waals surface area contributed by atoms with Crippen LogP contribution in [0.3, 0.4) is 0 Å². The number of methoxy groups -OCH3 is 1. The Hall–Kier alpha value is -0.120. The summed E-state index contributed by atoms with van der Waals surface area (Å²) >= 11 is 0. The molecule has 2 aliphatic rings. The van der Waals surface area contributed by atoms with E-state index in [0.29, 0.717) is 6.04 Å². The number of hydrogen-bond donors (Lipinski definition) is 0. The third-order valence-electron chi connectivity index (χ3n) is 4.22. The van der Waals surface area contributed by atoms with Gasteiger partial charge >= 0.3 is 0 Å². The van der Waals surface area contributed by atoms with Crippen molar-refractivity contribution in [2.75, 3.05) is 39.9 Å². The molecule has 2 unspecified atom stereocenters. The second-order valence-electron chi connectivity index (χ2n) is 5.20. The van der Waals surface area contributed by atoms with Gasteiger partial charge in [-0.2, -0.15) is 0 Å². The van der Waals surface area contributed by atoms with Crippen molar-refractivity contribution in [1.82, 2.24) is 9.80 Å². The number of piperidine rings is 1. The molecule has 2 aliphatic heterocycles. The van der Waals surface area contributed by atoms with Crippen molar-refractivity contribution in [2.24, 2.45) is 0 Å². The molecule has 94 valence electrons. The third-order valence-corrected chi connectivity index (χ3v) is 4.22. The van der Waals surface area contributed by atoms with Crippen LogP contribution in [0.1, 0.15) is 32.6 Å². The highest BCUT2D eigenvalue weighted by Gasteiger charge is 2.31. The Morgan fingerprint density at radius 2 is 2.12 bits per heavy atom. The van der Waals surface area contributed by atoms with Crippen molar-refractivity contribution < 1.29 is 4.74 Å². The normalized spacial score (nSPS) is 30.0. The number of piperazine rings is 1. The Labute approximate surface area is 99.7 Å². The highest BCUT2D eigenvalue weighted by molar-refractivity contribution is 4.87. The van der Waals surface area contributed by atoms with E-state index in [9.17, 15) is 0 Å². The van der Waals surface area contributed by atoms with Crippen LogP contribution in [0.15, 0.2) is 0 Å².